The van der Waals surface area contributed by atoms with E-state index in [4.69, 9.17) is 10.2 Å². The number of nitrogens with zero attached hydrogens (tertiary/aromatic N) is 2. The first-order valence-electron chi connectivity index (χ1n) is 7.13. The quantitative estimate of drug-likeness (QED) is 0.866. The lowest BCUT2D eigenvalue weighted by atomic mass is 9.79. The summed E-state index contributed by atoms with van der Waals surface area (Å²) < 4.78 is 30.3. The zero-order valence-electron chi connectivity index (χ0n) is 13.8. The van der Waals surface area contributed by atoms with E-state index in [0.29, 0.717) is 19.5 Å². The summed E-state index contributed by atoms with van der Waals surface area (Å²) in [5.41, 5.74) is 5.88. The summed E-state index contributed by atoms with van der Waals surface area (Å²) in [6.45, 7) is 5.09. The van der Waals surface area contributed by atoms with Crippen molar-refractivity contribution in [3.8, 4) is 0 Å². The maximum absolute atomic E-state index is 12.5. The highest BCUT2D eigenvalue weighted by molar-refractivity contribution is 7.88. The van der Waals surface area contributed by atoms with E-state index >= 15 is 0 Å². The van der Waals surface area contributed by atoms with E-state index in [-0.39, 0.29) is 40.6 Å². The second kappa shape index (κ2) is 6.80. The molecule has 9 heteroatoms. The van der Waals surface area contributed by atoms with Crippen molar-refractivity contribution in [2.45, 2.75) is 31.4 Å². The lowest BCUT2D eigenvalue weighted by molar-refractivity contribution is 0.0498. The average molecular weight is 366 g/mol. The molecule has 1 aliphatic rings. The van der Waals surface area contributed by atoms with Gasteiger partial charge in [0, 0.05) is 33.2 Å². The second-order valence-corrected chi connectivity index (χ2v) is 8.60. The maximum Gasteiger partial charge on any atom is 0.289 e. The van der Waals surface area contributed by atoms with E-state index in [1.54, 1.807) is 4.90 Å². The molecule has 0 radical (unpaired) electrons. The number of nitrogens with two attached hydrogens (primary N) is 1. The number of hydrogen-bond donors (Lipinski definition) is 1. The molecule has 2 N–H and O–H groups in total. The zero-order chi connectivity index (χ0) is 16.7. The molecular formula is C14H24ClN3O4S. The van der Waals surface area contributed by atoms with Crippen LogP contribution in [-0.4, -0.2) is 56.8 Å². The molecule has 1 amide bonds. The highest BCUT2D eigenvalue weighted by Gasteiger charge is 2.36. The largest absolute Gasteiger partial charge is 0.438 e. The molecule has 0 spiro atoms. The number of furan rings is 1. The van der Waals surface area contributed by atoms with Crippen LogP contribution in [0.2, 0.25) is 0 Å². The molecule has 0 aliphatic carbocycles. The average Bonchev–Trinajstić information content (AvgIpc) is 2.91. The van der Waals surface area contributed by atoms with Gasteiger partial charge in [-0.05, 0) is 24.0 Å². The molecule has 1 atom stereocenters. The first-order chi connectivity index (χ1) is 10.1. The Hall–Kier alpha value is -1.09. The third kappa shape index (κ3) is 3.88. The van der Waals surface area contributed by atoms with Gasteiger partial charge in [-0.25, -0.2) is 12.7 Å². The van der Waals surface area contributed by atoms with Gasteiger partial charge in [0.2, 0.25) is 5.09 Å². The number of amides is 1. The number of piperidine rings is 1. The number of rotatable bonds is 3. The van der Waals surface area contributed by atoms with Gasteiger partial charge >= 0.3 is 0 Å². The van der Waals surface area contributed by atoms with Crippen molar-refractivity contribution in [3.63, 3.8) is 0 Å². The van der Waals surface area contributed by atoms with E-state index in [1.165, 1.54) is 26.2 Å². The van der Waals surface area contributed by atoms with Crippen molar-refractivity contribution in [3.05, 3.63) is 17.9 Å². The fourth-order valence-electron chi connectivity index (χ4n) is 2.46. The van der Waals surface area contributed by atoms with Crippen LogP contribution in [0.4, 0.5) is 0 Å². The van der Waals surface area contributed by atoms with Crippen LogP contribution in [0.15, 0.2) is 21.6 Å². The Morgan fingerprint density at radius 2 is 2.00 bits per heavy atom. The first-order valence-corrected chi connectivity index (χ1v) is 8.57. The van der Waals surface area contributed by atoms with E-state index in [0.717, 1.165) is 4.31 Å². The minimum atomic E-state index is -3.68. The fraction of sp³-hybridized carbons (Fsp3) is 0.643. The number of carbonyl (C=O) groups excluding carboxylic acids is 1. The summed E-state index contributed by atoms with van der Waals surface area (Å²) in [5.74, 6) is -0.271. The third-order valence-corrected chi connectivity index (χ3v) is 5.82. The number of halogens is 1. The summed E-state index contributed by atoms with van der Waals surface area (Å²) in [4.78, 5) is 14.1. The second-order valence-electron chi connectivity index (χ2n) is 6.52. The molecule has 1 aliphatic heterocycles. The van der Waals surface area contributed by atoms with Crippen molar-refractivity contribution < 1.29 is 17.6 Å². The van der Waals surface area contributed by atoms with Crippen LogP contribution in [0.5, 0.6) is 0 Å². The van der Waals surface area contributed by atoms with Crippen molar-refractivity contribution in [2.24, 2.45) is 11.1 Å². The molecule has 1 fully saturated rings. The Morgan fingerprint density at radius 1 is 1.39 bits per heavy atom. The van der Waals surface area contributed by atoms with Crippen LogP contribution in [0.25, 0.3) is 0 Å². The zero-order valence-corrected chi connectivity index (χ0v) is 15.4. The predicted molar refractivity (Wildman–Crippen MR) is 89.1 cm³/mol. The van der Waals surface area contributed by atoms with Gasteiger partial charge in [-0.3, -0.25) is 4.79 Å². The lowest BCUT2D eigenvalue weighted by Crippen LogP contribution is -2.53. The molecule has 132 valence electrons. The van der Waals surface area contributed by atoms with Gasteiger partial charge in [0.15, 0.2) is 5.76 Å². The molecule has 1 aromatic heterocycles. The Kier molecular flexibility index (Phi) is 5.90. The van der Waals surface area contributed by atoms with Crippen LogP contribution < -0.4 is 5.73 Å². The Morgan fingerprint density at radius 3 is 2.52 bits per heavy atom. The minimum absolute atomic E-state index is 0. The smallest absolute Gasteiger partial charge is 0.289 e. The van der Waals surface area contributed by atoms with Gasteiger partial charge in [-0.1, -0.05) is 13.8 Å². The summed E-state index contributed by atoms with van der Waals surface area (Å²) in [6.07, 6.45) is 0.711. The molecule has 23 heavy (non-hydrogen) atoms. The molecule has 0 aromatic carbocycles. The minimum Gasteiger partial charge on any atom is -0.438 e. The molecule has 1 saturated heterocycles. The molecular weight excluding hydrogens is 342 g/mol. The molecule has 7 nitrogen and oxygen atoms in total. The molecule has 0 bridgehead atoms. The van der Waals surface area contributed by atoms with Gasteiger partial charge in [0.25, 0.3) is 15.9 Å². The maximum atomic E-state index is 12.5. The van der Waals surface area contributed by atoms with Crippen molar-refractivity contribution >= 4 is 28.3 Å². The summed E-state index contributed by atoms with van der Waals surface area (Å²) in [6, 6.07) is 2.75. The highest BCUT2D eigenvalue weighted by Crippen LogP contribution is 2.29. The normalized spacial score (nSPS) is 21.1. The van der Waals surface area contributed by atoms with Gasteiger partial charge in [0.05, 0.1) is 0 Å². The topological polar surface area (TPSA) is 96.9 Å². The Bertz CT molecular complexity index is 669. The summed E-state index contributed by atoms with van der Waals surface area (Å²) in [5, 5.41) is -0.228. The van der Waals surface area contributed by atoms with Crippen molar-refractivity contribution in [1.82, 2.24) is 9.21 Å². The van der Waals surface area contributed by atoms with Crippen LogP contribution in [0.1, 0.15) is 30.8 Å². The molecule has 2 heterocycles. The highest BCUT2D eigenvalue weighted by atomic mass is 35.5. The number of sulfonamides is 1. The van der Waals surface area contributed by atoms with E-state index in [9.17, 15) is 13.2 Å². The lowest BCUT2D eigenvalue weighted by Gasteiger charge is -2.42. The van der Waals surface area contributed by atoms with Crippen LogP contribution in [-0.2, 0) is 10.0 Å². The van der Waals surface area contributed by atoms with E-state index in [1.807, 2.05) is 13.8 Å². The van der Waals surface area contributed by atoms with Crippen molar-refractivity contribution in [1.29, 1.82) is 0 Å². The SMILES string of the molecule is CN(C)S(=O)(=O)c1ccc(C(=O)N2CCC(N)C(C)(C)C2)o1.Cl. The number of carbonyl (C=O) groups is 1. The Balaban J connectivity index is 0.00000264. The fourth-order valence-corrected chi connectivity index (χ4v) is 3.25. The standard InChI is InChI=1S/C14H23N3O4S.ClH/c1-14(2)9-17(8-7-11(14)15)13(18)10-5-6-12(21-10)22(19,20)16(3)4;/h5-6,11H,7-9,15H2,1-4H3;1H. The van der Waals surface area contributed by atoms with E-state index < -0.39 is 10.0 Å². The molecule has 0 saturated carbocycles. The van der Waals surface area contributed by atoms with Crippen LogP contribution >= 0.6 is 12.4 Å². The van der Waals surface area contributed by atoms with Crippen LogP contribution in [0.3, 0.4) is 0 Å². The predicted octanol–water partition coefficient (Wildman–Crippen LogP) is 1.15. The first kappa shape index (κ1) is 20.0. The molecule has 1 aromatic rings. The van der Waals surface area contributed by atoms with E-state index in [2.05, 4.69) is 0 Å². The van der Waals surface area contributed by atoms with Gasteiger partial charge in [-0.2, -0.15) is 0 Å². The molecule has 2 rings (SSSR count). The summed E-state index contributed by atoms with van der Waals surface area (Å²) in [7, 11) is -0.855. The Labute approximate surface area is 143 Å². The monoisotopic (exact) mass is 365 g/mol. The van der Waals surface area contributed by atoms with Gasteiger partial charge in [0.1, 0.15) is 0 Å². The van der Waals surface area contributed by atoms with Crippen LogP contribution in [0, 0.1) is 5.41 Å². The number of hydrogen-bond acceptors (Lipinski definition) is 5. The van der Waals surface area contributed by atoms with Gasteiger partial charge < -0.3 is 15.1 Å². The van der Waals surface area contributed by atoms with Gasteiger partial charge in [-0.15, -0.1) is 12.4 Å². The van der Waals surface area contributed by atoms with Crippen molar-refractivity contribution in [2.75, 3.05) is 27.2 Å². The molecule has 1 unspecified atom stereocenters. The third-order valence-electron chi connectivity index (χ3n) is 4.13. The number of likely N-dealkylation sites (tertiary alicyclic amines) is 1. The summed E-state index contributed by atoms with van der Waals surface area (Å²) >= 11 is 0.